The zero-order valence-corrected chi connectivity index (χ0v) is 9.56. The molecule has 0 saturated heterocycles. The smallest absolute Gasteiger partial charge is 0.333 e. The molecule has 1 amide bonds. The highest BCUT2D eigenvalue weighted by Gasteiger charge is 2.14. The van der Waals surface area contributed by atoms with E-state index in [2.05, 4.69) is 6.58 Å². The van der Waals surface area contributed by atoms with Crippen LogP contribution in [0.15, 0.2) is 23.9 Å². The molecule has 0 aromatic carbocycles. The van der Waals surface area contributed by atoms with Crippen molar-refractivity contribution in [3.8, 4) is 0 Å². The maximum atomic E-state index is 11.6. The molecule has 0 aliphatic rings. The van der Waals surface area contributed by atoms with Crippen LogP contribution < -0.4 is 0 Å². The SMILES string of the molecule is C=C(C)C(=O)N(C=C(CC)C(=O)O)CCO. The van der Waals surface area contributed by atoms with Crippen LogP contribution in [0.5, 0.6) is 0 Å². The lowest BCUT2D eigenvalue weighted by molar-refractivity contribution is -0.132. The lowest BCUT2D eigenvalue weighted by Crippen LogP contribution is -2.30. The third-order valence-electron chi connectivity index (χ3n) is 1.93. The standard InChI is InChI=1S/C11H17NO4/c1-4-9(11(15)16)7-12(5-6-13)10(14)8(2)3/h7,13H,2,4-6H2,1,3H3,(H,15,16). The molecule has 5 nitrogen and oxygen atoms in total. The first kappa shape index (κ1) is 14.4. The van der Waals surface area contributed by atoms with E-state index in [0.29, 0.717) is 12.0 Å². The second-order valence-corrected chi connectivity index (χ2v) is 3.32. The summed E-state index contributed by atoms with van der Waals surface area (Å²) in [5, 5.41) is 17.6. The van der Waals surface area contributed by atoms with Crippen molar-refractivity contribution in [1.29, 1.82) is 0 Å². The van der Waals surface area contributed by atoms with Crippen molar-refractivity contribution in [3.05, 3.63) is 23.9 Å². The number of aliphatic carboxylic acids is 1. The fourth-order valence-corrected chi connectivity index (χ4v) is 1.06. The molecule has 0 bridgehead atoms. The second kappa shape index (κ2) is 6.79. The third kappa shape index (κ3) is 4.27. The summed E-state index contributed by atoms with van der Waals surface area (Å²) in [6.45, 7) is 6.53. The lowest BCUT2D eigenvalue weighted by Gasteiger charge is -2.18. The molecule has 0 spiro atoms. The molecular weight excluding hydrogens is 210 g/mol. The number of rotatable bonds is 6. The Morgan fingerprint density at radius 3 is 2.31 bits per heavy atom. The summed E-state index contributed by atoms with van der Waals surface area (Å²) in [6.07, 6.45) is 1.55. The Bertz CT molecular complexity index is 320. The van der Waals surface area contributed by atoms with Crippen LogP contribution in [0.4, 0.5) is 0 Å². The second-order valence-electron chi connectivity index (χ2n) is 3.32. The Kier molecular flexibility index (Phi) is 6.10. The van der Waals surface area contributed by atoms with E-state index in [1.807, 2.05) is 0 Å². The predicted octanol–water partition coefficient (Wildman–Crippen LogP) is 0.762. The quantitative estimate of drug-likeness (QED) is 0.657. The summed E-state index contributed by atoms with van der Waals surface area (Å²) >= 11 is 0. The van der Waals surface area contributed by atoms with Crippen LogP contribution in [0, 0.1) is 0 Å². The molecule has 0 radical (unpaired) electrons. The first-order valence-electron chi connectivity index (χ1n) is 4.95. The number of hydrogen-bond donors (Lipinski definition) is 2. The van der Waals surface area contributed by atoms with Gasteiger partial charge in [0.1, 0.15) is 0 Å². The normalized spacial score (nSPS) is 11.1. The van der Waals surface area contributed by atoms with Crippen molar-refractivity contribution in [2.24, 2.45) is 0 Å². The van der Waals surface area contributed by atoms with Gasteiger partial charge in [0.2, 0.25) is 0 Å². The van der Waals surface area contributed by atoms with Gasteiger partial charge in [-0.1, -0.05) is 13.5 Å². The molecule has 0 aliphatic heterocycles. The molecule has 0 heterocycles. The van der Waals surface area contributed by atoms with Crippen molar-refractivity contribution in [3.63, 3.8) is 0 Å². The Labute approximate surface area is 94.7 Å². The number of aliphatic hydroxyl groups excluding tert-OH is 1. The van der Waals surface area contributed by atoms with E-state index in [9.17, 15) is 9.59 Å². The average Bonchev–Trinajstić information content (AvgIpc) is 2.22. The van der Waals surface area contributed by atoms with Crippen molar-refractivity contribution in [1.82, 2.24) is 4.90 Å². The number of hydrogen-bond acceptors (Lipinski definition) is 3. The zero-order valence-electron chi connectivity index (χ0n) is 9.56. The molecular formula is C11H17NO4. The summed E-state index contributed by atoms with van der Waals surface area (Å²) < 4.78 is 0. The molecule has 0 atom stereocenters. The summed E-state index contributed by atoms with van der Waals surface area (Å²) in [6, 6.07) is 0. The summed E-state index contributed by atoms with van der Waals surface area (Å²) in [5.74, 6) is -1.46. The molecule has 0 saturated carbocycles. The molecule has 0 fully saturated rings. The Balaban J connectivity index is 4.98. The van der Waals surface area contributed by atoms with Crippen LogP contribution in [-0.2, 0) is 9.59 Å². The van der Waals surface area contributed by atoms with E-state index in [4.69, 9.17) is 10.2 Å². The number of aliphatic hydroxyl groups is 1. The highest BCUT2D eigenvalue weighted by Crippen LogP contribution is 2.06. The highest BCUT2D eigenvalue weighted by atomic mass is 16.4. The van der Waals surface area contributed by atoms with Gasteiger partial charge in [0.25, 0.3) is 5.91 Å². The molecule has 5 heteroatoms. The van der Waals surface area contributed by atoms with Crippen LogP contribution in [0.25, 0.3) is 0 Å². The predicted molar refractivity (Wildman–Crippen MR) is 59.6 cm³/mol. The van der Waals surface area contributed by atoms with Crippen LogP contribution >= 0.6 is 0 Å². The molecule has 0 aliphatic carbocycles. The van der Waals surface area contributed by atoms with Crippen molar-refractivity contribution in [2.75, 3.05) is 13.2 Å². The van der Waals surface area contributed by atoms with Gasteiger partial charge in [-0.2, -0.15) is 0 Å². The molecule has 16 heavy (non-hydrogen) atoms. The van der Waals surface area contributed by atoms with Gasteiger partial charge in [-0.3, -0.25) is 4.79 Å². The Morgan fingerprint density at radius 2 is 2.00 bits per heavy atom. The van der Waals surface area contributed by atoms with Gasteiger partial charge < -0.3 is 15.1 Å². The number of nitrogens with zero attached hydrogens (tertiary/aromatic N) is 1. The topological polar surface area (TPSA) is 77.8 Å². The molecule has 0 unspecified atom stereocenters. The number of carboxylic acid groups (broad SMARTS) is 1. The van der Waals surface area contributed by atoms with Gasteiger partial charge in [-0.25, -0.2) is 4.79 Å². The van der Waals surface area contributed by atoms with Crippen LogP contribution in [0.3, 0.4) is 0 Å². The lowest BCUT2D eigenvalue weighted by atomic mass is 10.2. The molecule has 0 aromatic rings. The van der Waals surface area contributed by atoms with Crippen LogP contribution in [0.2, 0.25) is 0 Å². The summed E-state index contributed by atoms with van der Waals surface area (Å²) in [5.41, 5.74) is 0.411. The first-order valence-corrected chi connectivity index (χ1v) is 4.95. The van der Waals surface area contributed by atoms with Crippen LogP contribution in [0.1, 0.15) is 20.3 Å². The van der Waals surface area contributed by atoms with E-state index < -0.39 is 5.97 Å². The zero-order chi connectivity index (χ0) is 12.7. The highest BCUT2D eigenvalue weighted by molar-refractivity contribution is 5.94. The van der Waals surface area contributed by atoms with E-state index in [-0.39, 0.29) is 24.6 Å². The molecule has 2 N–H and O–H groups in total. The minimum absolute atomic E-state index is 0.0580. The van der Waals surface area contributed by atoms with Gasteiger partial charge >= 0.3 is 5.97 Å². The monoisotopic (exact) mass is 227 g/mol. The number of carboxylic acids is 1. The number of amides is 1. The van der Waals surface area contributed by atoms with Crippen molar-refractivity contribution < 1.29 is 19.8 Å². The van der Waals surface area contributed by atoms with Crippen molar-refractivity contribution in [2.45, 2.75) is 20.3 Å². The summed E-state index contributed by atoms with van der Waals surface area (Å²) in [7, 11) is 0. The third-order valence-corrected chi connectivity index (χ3v) is 1.93. The first-order chi connectivity index (χ1) is 7.43. The van der Waals surface area contributed by atoms with E-state index in [1.165, 1.54) is 13.1 Å². The number of carbonyl (C=O) groups is 2. The van der Waals surface area contributed by atoms with Gasteiger partial charge in [-0.05, 0) is 13.3 Å². The van der Waals surface area contributed by atoms with E-state index >= 15 is 0 Å². The molecule has 0 aromatic heterocycles. The number of carbonyl (C=O) groups excluding carboxylic acids is 1. The van der Waals surface area contributed by atoms with Gasteiger partial charge in [0, 0.05) is 18.3 Å². The maximum Gasteiger partial charge on any atom is 0.333 e. The average molecular weight is 227 g/mol. The largest absolute Gasteiger partial charge is 0.478 e. The molecule has 0 rings (SSSR count). The van der Waals surface area contributed by atoms with Gasteiger partial charge in [-0.15, -0.1) is 0 Å². The minimum atomic E-state index is -1.07. The Hall–Kier alpha value is -1.62. The van der Waals surface area contributed by atoms with Crippen molar-refractivity contribution >= 4 is 11.9 Å². The fraction of sp³-hybridized carbons (Fsp3) is 0.455. The minimum Gasteiger partial charge on any atom is -0.478 e. The van der Waals surface area contributed by atoms with E-state index in [1.54, 1.807) is 6.92 Å². The Morgan fingerprint density at radius 1 is 1.44 bits per heavy atom. The van der Waals surface area contributed by atoms with E-state index in [0.717, 1.165) is 4.90 Å². The summed E-state index contributed by atoms with van der Waals surface area (Å²) in [4.78, 5) is 23.5. The fourth-order valence-electron chi connectivity index (χ4n) is 1.06. The van der Waals surface area contributed by atoms with Crippen LogP contribution in [-0.4, -0.2) is 40.1 Å². The maximum absolute atomic E-state index is 11.6. The van der Waals surface area contributed by atoms with Gasteiger partial charge in [0.15, 0.2) is 0 Å². The molecule has 90 valence electrons. The van der Waals surface area contributed by atoms with Gasteiger partial charge in [0.05, 0.1) is 12.2 Å².